The second kappa shape index (κ2) is 9.97. The lowest BCUT2D eigenvalue weighted by molar-refractivity contribution is 0.100. The molecule has 0 amide bonds. The number of hydrogen-bond acceptors (Lipinski definition) is 5. The Balaban J connectivity index is 1.73. The van der Waals surface area contributed by atoms with Gasteiger partial charge in [0.2, 0.25) is 0 Å². The summed E-state index contributed by atoms with van der Waals surface area (Å²) in [5, 5.41) is 0.212. The van der Waals surface area contributed by atoms with Gasteiger partial charge in [0.05, 0.1) is 6.61 Å². The summed E-state index contributed by atoms with van der Waals surface area (Å²) in [6, 6.07) is 27.4. The third kappa shape index (κ3) is 5.05. The number of carbonyl (C=O) groups excluding carboxylic acids is 1. The molecule has 6 nitrogen and oxygen atoms in total. The minimum Gasteiger partial charge on any atom is -0.434 e. The van der Waals surface area contributed by atoms with Gasteiger partial charge < -0.3 is 14.0 Å². The minimum absolute atomic E-state index is 0.0361. The largest absolute Gasteiger partial charge is 0.513 e. The van der Waals surface area contributed by atoms with Gasteiger partial charge in [-0.2, -0.15) is 0 Å². The van der Waals surface area contributed by atoms with Crippen LogP contribution in [0.4, 0.5) is 4.79 Å². The van der Waals surface area contributed by atoms with Crippen LogP contribution in [0.3, 0.4) is 0 Å². The summed E-state index contributed by atoms with van der Waals surface area (Å²) in [7, 11) is -3.61. The summed E-state index contributed by atoms with van der Waals surface area (Å²) < 4.78 is 38.4. The fourth-order valence-electron chi connectivity index (χ4n) is 4.01. The molecule has 0 aliphatic rings. The molecule has 3 aromatic carbocycles. The molecule has 0 fully saturated rings. The van der Waals surface area contributed by atoms with E-state index in [4.69, 9.17) is 9.47 Å². The third-order valence-electron chi connectivity index (χ3n) is 5.44. The van der Waals surface area contributed by atoms with Crippen LogP contribution in [0.25, 0.3) is 16.8 Å². The highest BCUT2D eigenvalue weighted by molar-refractivity contribution is 7.90. The monoisotopic (exact) mass is 475 g/mol. The zero-order valence-electron chi connectivity index (χ0n) is 19.0. The van der Waals surface area contributed by atoms with Crippen LogP contribution in [0, 0.1) is 6.92 Å². The van der Waals surface area contributed by atoms with Crippen LogP contribution in [-0.2, 0) is 21.0 Å². The van der Waals surface area contributed by atoms with E-state index in [2.05, 4.69) is 0 Å². The Morgan fingerprint density at radius 1 is 0.853 bits per heavy atom. The van der Waals surface area contributed by atoms with Crippen LogP contribution < -0.4 is 4.74 Å². The van der Waals surface area contributed by atoms with Crippen molar-refractivity contribution < 1.29 is 22.7 Å². The Morgan fingerprint density at radius 2 is 1.41 bits per heavy atom. The first-order chi connectivity index (χ1) is 16.4. The zero-order valence-corrected chi connectivity index (χ0v) is 19.8. The molecule has 1 aromatic heterocycles. The second-order valence-corrected chi connectivity index (χ2v) is 9.75. The molecule has 4 aromatic rings. The van der Waals surface area contributed by atoms with Gasteiger partial charge in [-0.15, -0.1) is 0 Å². The standard InChI is InChI=1S/C27H25NO5S/c1-20-24(18-19-32-27(29)33-23-16-10-5-11-17-23)25(21-12-6-3-7-13-21)26(34(2,30)31)28(20)22-14-8-4-9-15-22/h3-17H,18-19H2,1-2H3. The van der Waals surface area contributed by atoms with Gasteiger partial charge in [-0.3, -0.25) is 0 Å². The van der Waals surface area contributed by atoms with Crippen molar-refractivity contribution in [1.29, 1.82) is 0 Å². The molecule has 1 heterocycles. The number of para-hydroxylation sites is 2. The molecule has 174 valence electrons. The number of sulfone groups is 1. The van der Waals surface area contributed by atoms with Crippen molar-refractivity contribution in [3.8, 4) is 22.6 Å². The fraction of sp³-hybridized carbons (Fsp3) is 0.148. The van der Waals surface area contributed by atoms with Gasteiger partial charge in [-0.25, -0.2) is 13.2 Å². The van der Waals surface area contributed by atoms with E-state index >= 15 is 0 Å². The van der Waals surface area contributed by atoms with Crippen molar-refractivity contribution in [1.82, 2.24) is 4.57 Å². The first-order valence-corrected chi connectivity index (χ1v) is 12.7. The number of rotatable bonds is 7. The van der Waals surface area contributed by atoms with Crippen LogP contribution >= 0.6 is 0 Å². The molecule has 0 saturated heterocycles. The lowest BCUT2D eigenvalue weighted by Crippen LogP contribution is -2.13. The molecule has 0 radical (unpaired) electrons. The highest BCUT2D eigenvalue weighted by Crippen LogP contribution is 2.38. The molecule has 0 spiro atoms. The van der Waals surface area contributed by atoms with Crippen molar-refractivity contribution in [2.75, 3.05) is 12.9 Å². The number of hydrogen-bond donors (Lipinski definition) is 0. The van der Waals surface area contributed by atoms with Gasteiger partial charge >= 0.3 is 6.16 Å². The van der Waals surface area contributed by atoms with Crippen LogP contribution in [-0.4, -0.2) is 32.0 Å². The Kier molecular flexibility index (Phi) is 6.84. The molecule has 0 unspecified atom stereocenters. The zero-order chi connectivity index (χ0) is 24.1. The van der Waals surface area contributed by atoms with Crippen molar-refractivity contribution in [3.05, 3.63) is 102 Å². The van der Waals surface area contributed by atoms with Crippen LogP contribution in [0.1, 0.15) is 11.3 Å². The SMILES string of the molecule is Cc1c(CCOC(=O)Oc2ccccc2)c(-c2ccccc2)c(S(C)(=O)=O)n1-c1ccccc1. The smallest absolute Gasteiger partial charge is 0.434 e. The molecule has 4 rings (SSSR count). The van der Waals surface area contributed by atoms with E-state index in [1.807, 2.05) is 73.7 Å². The molecule has 0 N–H and O–H groups in total. The summed E-state index contributed by atoms with van der Waals surface area (Å²) in [4.78, 5) is 12.1. The first kappa shape index (κ1) is 23.3. The molecule has 34 heavy (non-hydrogen) atoms. The predicted octanol–water partition coefficient (Wildman–Crippen LogP) is 5.61. The predicted molar refractivity (Wildman–Crippen MR) is 131 cm³/mol. The summed E-state index contributed by atoms with van der Waals surface area (Å²) in [6.45, 7) is 1.92. The summed E-state index contributed by atoms with van der Waals surface area (Å²) >= 11 is 0. The number of carbonyl (C=O) groups is 1. The average Bonchev–Trinajstić information content (AvgIpc) is 3.13. The average molecular weight is 476 g/mol. The van der Waals surface area contributed by atoms with Crippen molar-refractivity contribution in [3.63, 3.8) is 0 Å². The highest BCUT2D eigenvalue weighted by Gasteiger charge is 2.28. The lowest BCUT2D eigenvalue weighted by Gasteiger charge is -2.11. The number of nitrogens with zero attached hydrogens (tertiary/aromatic N) is 1. The third-order valence-corrected chi connectivity index (χ3v) is 6.52. The first-order valence-electron chi connectivity index (χ1n) is 10.8. The van der Waals surface area contributed by atoms with E-state index in [0.29, 0.717) is 17.7 Å². The molecular formula is C27H25NO5S. The number of aromatic nitrogens is 1. The Hall–Kier alpha value is -3.84. The van der Waals surface area contributed by atoms with E-state index in [1.165, 1.54) is 6.26 Å². The summed E-state index contributed by atoms with van der Waals surface area (Å²) in [5.41, 5.74) is 3.70. The maximum absolute atomic E-state index is 13.0. The van der Waals surface area contributed by atoms with Gasteiger partial charge in [-0.05, 0) is 42.3 Å². The van der Waals surface area contributed by atoms with Crippen LogP contribution in [0.5, 0.6) is 5.75 Å². The molecule has 0 aliphatic carbocycles. The summed E-state index contributed by atoms with van der Waals surface area (Å²) in [5.74, 6) is 0.392. The van der Waals surface area contributed by atoms with Crippen LogP contribution in [0.15, 0.2) is 96.0 Å². The van der Waals surface area contributed by atoms with Crippen molar-refractivity contribution >= 4 is 16.0 Å². The van der Waals surface area contributed by atoms with Gasteiger partial charge in [0.1, 0.15) is 10.8 Å². The quantitative estimate of drug-likeness (QED) is 0.256. The van der Waals surface area contributed by atoms with E-state index in [-0.39, 0.29) is 11.6 Å². The fourth-order valence-corrected chi connectivity index (χ4v) is 5.19. The molecule has 0 aliphatic heterocycles. The topological polar surface area (TPSA) is 74.6 Å². The van der Waals surface area contributed by atoms with Gasteiger partial charge in [-0.1, -0.05) is 66.7 Å². The normalized spacial score (nSPS) is 11.2. The van der Waals surface area contributed by atoms with Crippen LogP contribution in [0.2, 0.25) is 0 Å². The minimum atomic E-state index is -3.61. The number of benzene rings is 3. The highest BCUT2D eigenvalue weighted by atomic mass is 32.2. The molecule has 0 atom stereocenters. The molecule has 7 heteroatoms. The molecule has 0 saturated carbocycles. The second-order valence-electron chi connectivity index (χ2n) is 7.82. The van der Waals surface area contributed by atoms with E-state index in [0.717, 1.165) is 22.5 Å². The van der Waals surface area contributed by atoms with Gasteiger partial charge in [0, 0.05) is 29.6 Å². The molecule has 0 bridgehead atoms. The summed E-state index contributed by atoms with van der Waals surface area (Å²) in [6.07, 6.45) is 0.726. The molecular weight excluding hydrogens is 450 g/mol. The van der Waals surface area contributed by atoms with E-state index < -0.39 is 16.0 Å². The number of ether oxygens (including phenoxy) is 2. The maximum atomic E-state index is 13.0. The maximum Gasteiger partial charge on any atom is 0.513 e. The van der Waals surface area contributed by atoms with E-state index in [1.54, 1.807) is 28.8 Å². The van der Waals surface area contributed by atoms with E-state index in [9.17, 15) is 13.2 Å². The van der Waals surface area contributed by atoms with Gasteiger partial charge in [0.15, 0.2) is 9.84 Å². The Labute approximate surface area is 199 Å². The van der Waals surface area contributed by atoms with Gasteiger partial charge in [0.25, 0.3) is 0 Å². The Morgan fingerprint density at radius 3 is 2.00 bits per heavy atom. The van der Waals surface area contributed by atoms with Crippen molar-refractivity contribution in [2.24, 2.45) is 0 Å². The van der Waals surface area contributed by atoms with Crippen molar-refractivity contribution in [2.45, 2.75) is 18.4 Å². The Bertz CT molecular complexity index is 1380. The lowest BCUT2D eigenvalue weighted by atomic mass is 10.0.